The van der Waals surface area contributed by atoms with Crippen LogP contribution in [-0.2, 0) is 11.2 Å². The van der Waals surface area contributed by atoms with E-state index in [1.807, 2.05) is 11.8 Å². The van der Waals surface area contributed by atoms with Crippen molar-refractivity contribution < 1.29 is 14.3 Å². The summed E-state index contributed by atoms with van der Waals surface area (Å²) >= 11 is 0. The van der Waals surface area contributed by atoms with Crippen molar-refractivity contribution >= 4 is 11.7 Å². The Morgan fingerprint density at radius 3 is 2.75 bits per heavy atom. The van der Waals surface area contributed by atoms with Gasteiger partial charge in [-0.3, -0.25) is 9.59 Å². The van der Waals surface area contributed by atoms with Crippen molar-refractivity contribution in [2.45, 2.75) is 71.4 Å². The van der Waals surface area contributed by atoms with Gasteiger partial charge in [-0.2, -0.15) is 0 Å². The van der Waals surface area contributed by atoms with Gasteiger partial charge in [0.2, 0.25) is 0 Å². The Bertz CT molecular complexity index is 633. The average molecular weight is 332 g/mol. The molecule has 1 aromatic heterocycles. The Balaban J connectivity index is 1.94. The van der Waals surface area contributed by atoms with E-state index >= 15 is 0 Å². The molecule has 2 aliphatic rings. The molecule has 1 aliphatic carbocycles. The van der Waals surface area contributed by atoms with Crippen molar-refractivity contribution in [1.82, 2.24) is 9.88 Å². The van der Waals surface area contributed by atoms with E-state index in [4.69, 9.17) is 4.74 Å². The van der Waals surface area contributed by atoms with Gasteiger partial charge < -0.3 is 14.6 Å². The van der Waals surface area contributed by atoms with Gasteiger partial charge >= 0.3 is 0 Å². The number of H-pyrrole nitrogens is 1. The topological polar surface area (TPSA) is 62.4 Å². The van der Waals surface area contributed by atoms with Crippen molar-refractivity contribution in [3.05, 3.63) is 22.5 Å². The van der Waals surface area contributed by atoms with Crippen LogP contribution in [0.2, 0.25) is 0 Å². The lowest BCUT2D eigenvalue weighted by atomic mass is 9.89. The molecule has 1 saturated heterocycles. The Labute approximate surface area is 143 Å². The second-order valence-electron chi connectivity index (χ2n) is 7.04. The Hall–Kier alpha value is -1.62. The third kappa shape index (κ3) is 3.02. The fourth-order valence-corrected chi connectivity index (χ4v) is 4.33. The van der Waals surface area contributed by atoms with Crippen LogP contribution in [0.3, 0.4) is 0 Å². The fourth-order valence-electron chi connectivity index (χ4n) is 4.33. The minimum absolute atomic E-state index is 0.0313. The summed E-state index contributed by atoms with van der Waals surface area (Å²) < 4.78 is 5.88. The van der Waals surface area contributed by atoms with E-state index in [9.17, 15) is 9.59 Å². The van der Waals surface area contributed by atoms with E-state index in [0.29, 0.717) is 24.4 Å². The number of morpholine rings is 1. The zero-order chi connectivity index (χ0) is 17.3. The average Bonchev–Trinajstić information content (AvgIpc) is 2.90. The molecule has 2 unspecified atom stereocenters. The van der Waals surface area contributed by atoms with E-state index in [1.54, 1.807) is 6.92 Å². The number of aromatic nitrogens is 1. The van der Waals surface area contributed by atoms with Gasteiger partial charge in [0.05, 0.1) is 18.8 Å². The molecule has 0 spiro atoms. The number of hydrogen-bond acceptors (Lipinski definition) is 3. The molecule has 0 radical (unpaired) electrons. The lowest BCUT2D eigenvalue weighted by Gasteiger charge is -2.43. The zero-order valence-electron chi connectivity index (χ0n) is 15.0. The van der Waals surface area contributed by atoms with E-state index in [0.717, 1.165) is 43.4 Å². The second kappa shape index (κ2) is 7.09. The normalized spacial score (nSPS) is 23.9. The summed E-state index contributed by atoms with van der Waals surface area (Å²) in [4.78, 5) is 30.5. The molecule has 1 aromatic rings. The summed E-state index contributed by atoms with van der Waals surface area (Å²) in [5, 5.41) is 0. The van der Waals surface area contributed by atoms with Crippen molar-refractivity contribution in [3.8, 4) is 0 Å². The highest BCUT2D eigenvalue weighted by Gasteiger charge is 2.38. The number of aryl methyl sites for hydroxylation is 1. The number of nitrogens with zero attached hydrogens (tertiary/aromatic N) is 1. The highest BCUT2D eigenvalue weighted by atomic mass is 16.5. The van der Waals surface area contributed by atoms with Crippen LogP contribution in [0.4, 0.5) is 0 Å². The number of aromatic amines is 1. The molecule has 1 saturated carbocycles. The molecule has 0 aromatic carbocycles. The predicted octanol–water partition coefficient (Wildman–Crippen LogP) is 3.26. The first-order valence-corrected chi connectivity index (χ1v) is 9.19. The van der Waals surface area contributed by atoms with Crippen LogP contribution in [0.25, 0.3) is 0 Å². The smallest absolute Gasteiger partial charge is 0.271 e. The monoisotopic (exact) mass is 332 g/mol. The van der Waals surface area contributed by atoms with Crippen molar-refractivity contribution in [3.63, 3.8) is 0 Å². The molecular formula is C19H28N2O3. The van der Waals surface area contributed by atoms with E-state index in [2.05, 4.69) is 11.9 Å². The lowest BCUT2D eigenvalue weighted by molar-refractivity contribution is -0.0754. The highest BCUT2D eigenvalue weighted by Crippen LogP contribution is 2.31. The molecule has 132 valence electrons. The summed E-state index contributed by atoms with van der Waals surface area (Å²) in [5.41, 5.74) is 3.02. The Morgan fingerprint density at radius 1 is 1.29 bits per heavy atom. The maximum atomic E-state index is 13.3. The predicted molar refractivity (Wildman–Crippen MR) is 92.6 cm³/mol. The van der Waals surface area contributed by atoms with Gasteiger partial charge in [0, 0.05) is 17.8 Å². The maximum absolute atomic E-state index is 13.3. The number of rotatable bonds is 4. The molecule has 5 heteroatoms. The van der Waals surface area contributed by atoms with Crippen molar-refractivity contribution in [2.24, 2.45) is 0 Å². The SMILES string of the molecule is CCCc1c(C(=O)N2CCOC3CCCCC32)[nH]c(C)c1C(C)=O. The second-order valence-corrected chi connectivity index (χ2v) is 7.04. The minimum Gasteiger partial charge on any atom is -0.374 e. The number of nitrogens with one attached hydrogen (secondary N) is 1. The first-order chi connectivity index (χ1) is 11.5. The number of carbonyl (C=O) groups is 2. The van der Waals surface area contributed by atoms with Crippen molar-refractivity contribution in [1.29, 1.82) is 0 Å². The summed E-state index contributed by atoms with van der Waals surface area (Å²) in [7, 11) is 0. The van der Waals surface area contributed by atoms with Crippen LogP contribution < -0.4 is 0 Å². The van der Waals surface area contributed by atoms with Gasteiger partial charge in [0.15, 0.2) is 5.78 Å². The quantitative estimate of drug-likeness (QED) is 0.861. The molecule has 3 rings (SSSR count). The molecule has 1 aliphatic heterocycles. The van der Waals surface area contributed by atoms with Crippen LogP contribution in [0, 0.1) is 6.92 Å². The number of fused-ring (bicyclic) bond motifs is 1. The molecule has 1 N–H and O–H groups in total. The number of ether oxygens (including phenoxy) is 1. The zero-order valence-corrected chi connectivity index (χ0v) is 15.0. The van der Waals surface area contributed by atoms with Gasteiger partial charge in [-0.15, -0.1) is 0 Å². The summed E-state index contributed by atoms with van der Waals surface area (Å²) in [5.74, 6) is 0.0676. The van der Waals surface area contributed by atoms with E-state index in [-0.39, 0.29) is 23.8 Å². The maximum Gasteiger partial charge on any atom is 0.271 e. The molecule has 1 amide bonds. The van der Waals surface area contributed by atoms with Crippen LogP contribution in [-0.4, -0.2) is 46.9 Å². The standard InChI is InChI=1S/C19H28N2O3/c1-4-7-14-17(13(3)22)12(2)20-18(14)19(23)21-10-11-24-16-9-6-5-8-15(16)21/h15-16,20H,4-11H2,1-3H3. The van der Waals surface area contributed by atoms with E-state index in [1.165, 1.54) is 6.42 Å². The summed E-state index contributed by atoms with van der Waals surface area (Å²) in [6, 6.07) is 0.180. The first kappa shape index (κ1) is 17.2. The van der Waals surface area contributed by atoms with Crippen LogP contribution >= 0.6 is 0 Å². The molecule has 0 bridgehead atoms. The number of carbonyl (C=O) groups excluding carboxylic acids is 2. The van der Waals surface area contributed by atoms with Gasteiger partial charge in [-0.1, -0.05) is 26.2 Å². The highest BCUT2D eigenvalue weighted by molar-refractivity contribution is 6.02. The molecular weight excluding hydrogens is 304 g/mol. The van der Waals surface area contributed by atoms with Gasteiger partial charge in [0.25, 0.3) is 5.91 Å². The molecule has 24 heavy (non-hydrogen) atoms. The van der Waals surface area contributed by atoms with Crippen molar-refractivity contribution in [2.75, 3.05) is 13.2 Å². The molecule has 5 nitrogen and oxygen atoms in total. The third-order valence-electron chi connectivity index (χ3n) is 5.35. The number of ketones is 1. The summed E-state index contributed by atoms with van der Waals surface area (Å²) in [6.45, 7) is 6.78. The fraction of sp³-hybridized carbons (Fsp3) is 0.684. The largest absolute Gasteiger partial charge is 0.374 e. The lowest BCUT2D eigenvalue weighted by Crippen LogP contribution is -2.55. The van der Waals surface area contributed by atoms with E-state index < -0.39 is 0 Å². The van der Waals surface area contributed by atoms with Gasteiger partial charge in [-0.05, 0) is 38.7 Å². The minimum atomic E-state index is 0.0313. The number of hydrogen-bond donors (Lipinski definition) is 1. The third-order valence-corrected chi connectivity index (χ3v) is 5.35. The molecule has 2 atom stereocenters. The van der Waals surface area contributed by atoms with Crippen LogP contribution in [0.1, 0.15) is 78.1 Å². The number of amides is 1. The molecule has 2 heterocycles. The van der Waals surface area contributed by atoms with Gasteiger partial charge in [0.1, 0.15) is 5.69 Å². The summed E-state index contributed by atoms with van der Waals surface area (Å²) in [6.07, 6.45) is 6.22. The first-order valence-electron chi connectivity index (χ1n) is 9.19. The van der Waals surface area contributed by atoms with Gasteiger partial charge in [-0.25, -0.2) is 0 Å². The van der Waals surface area contributed by atoms with Crippen LogP contribution in [0.5, 0.6) is 0 Å². The molecule has 2 fully saturated rings. The Morgan fingerprint density at radius 2 is 2.04 bits per heavy atom. The van der Waals surface area contributed by atoms with Crippen LogP contribution in [0.15, 0.2) is 0 Å². The Kier molecular flexibility index (Phi) is 5.09. The number of Topliss-reactive ketones (excluding diaryl/α,β-unsaturated/α-hetero) is 1.